The second-order valence-corrected chi connectivity index (χ2v) is 6.55. The minimum absolute atomic E-state index is 0.114. The Labute approximate surface area is 157 Å². The van der Waals surface area contributed by atoms with Crippen LogP contribution in [0.2, 0.25) is 0 Å². The van der Waals surface area contributed by atoms with Gasteiger partial charge < -0.3 is 19.4 Å². The molecular formula is C19H21FN6O. The summed E-state index contributed by atoms with van der Waals surface area (Å²) in [5.74, 6) is 1.34. The van der Waals surface area contributed by atoms with Gasteiger partial charge in [-0.05, 0) is 12.1 Å². The molecule has 0 amide bonds. The third-order valence-electron chi connectivity index (χ3n) is 5.02. The smallest absolute Gasteiger partial charge is 0.143 e. The van der Waals surface area contributed by atoms with Gasteiger partial charge in [0.25, 0.3) is 0 Å². The first kappa shape index (κ1) is 17.5. The Morgan fingerprint density at radius 1 is 0.926 bits per heavy atom. The zero-order chi connectivity index (χ0) is 18.6. The van der Waals surface area contributed by atoms with E-state index in [0.29, 0.717) is 32.0 Å². The summed E-state index contributed by atoms with van der Waals surface area (Å²) in [5.41, 5.74) is 0.774. The first-order valence-electron chi connectivity index (χ1n) is 9.09. The fourth-order valence-corrected chi connectivity index (χ4v) is 3.54. The number of ether oxygens (including phenoxy) is 1. The Morgan fingerprint density at radius 3 is 2.22 bits per heavy atom. The molecular weight excluding hydrogens is 347 g/mol. The summed E-state index contributed by atoms with van der Waals surface area (Å²) in [6, 6.07) is 8.78. The van der Waals surface area contributed by atoms with Crippen LogP contribution in [0.5, 0.6) is 0 Å². The molecule has 2 aromatic rings. The molecule has 0 spiro atoms. The van der Waals surface area contributed by atoms with E-state index in [2.05, 4.69) is 24.7 Å². The quantitative estimate of drug-likeness (QED) is 0.816. The maximum Gasteiger partial charge on any atom is 0.143 e. The molecule has 0 saturated carbocycles. The second-order valence-electron chi connectivity index (χ2n) is 6.55. The van der Waals surface area contributed by atoms with Crippen LogP contribution in [0, 0.1) is 17.1 Å². The van der Waals surface area contributed by atoms with Crippen molar-refractivity contribution in [3.8, 4) is 6.07 Å². The highest BCUT2D eigenvalue weighted by Crippen LogP contribution is 2.25. The lowest BCUT2D eigenvalue weighted by molar-refractivity contribution is 0.122. The van der Waals surface area contributed by atoms with Crippen LogP contribution < -0.4 is 14.7 Å². The van der Waals surface area contributed by atoms with Crippen LogP contribution in [0.25, 0.3) is 0 Å². The molecule has 4 rings (SSSR count). The number of morpholine rings is 1. The molecule has 1 aromatic carbocycles. The van der Waals surface area contributed by atoms with Gasteiger partial charge in [-0.25, -0.2) is 14.4 Å². The maximum atomic E-state index is 13.9. The van der Waals surface area contributed by atoms with Crippen LogP contribution >= 0.6 is 0 Å². The Kier molecular flexibility index (Phi) is 5.03. The molecule has 2 saturated heterocycles. The number of rotatable bonds is 3. The minimum Gasteiger partial charge on any atom is -0.378 e. The van der Waals surface area contributed by atoms with E-state index in [1.54, 1.807) is 18.5 Å². The van der Waals surface area contributed by atoms with E-state index in [1.165, 1.54) is 6.07 Å². The van der Waals surface area contributed by atoms with Crippen molar-refractivity contribution in [3.63, 3.8) is 0 Å². The highest BCUT2D eigenvalue weighted by molar-refractivity contribution is 5.61. The number of nitrogens with zero attached hydrogens (tertiary/aromatic N) is 6. The third-order valence-corrected chi connectivity index (χ3v) is 5.02. The molecule has 0 unspecified atom stereocenters. The lowest BCUT2D eigenvalue weighted by Crippen LogP contribution is -2.47. The number of anilines is 3. The molecule has 8 heteroatoms. The minimum atomic E-state index is -0.469. The number of nitriles is 1. The van der Waals surface area contributed by atoms with Gasteiger partial charge in [0.1, 0.15) is 35.4 Å². The van der Waals surface area contributed by atoms with Crippen molar-refractivity contribution in [2.75, 3.05) is 67.2 Å². The van der Waals surface area contributed by atoms with Gasteiger partial charge in [0, 0.05) is 45.3 Å². The predicted molar refractivity (Wildman–Crippen MR) is 101 cm³/mol. The Hall–Kier alpha value is -2.92. The number of hydrogen-bond donors (Lipinski definition) is 0. The first-order valence-corrected chi connectivity index (χ1v) is 9.09. The summed E-state index contributed by atoms with van der Waals surface area (Å²) in [5, 5.41) is 9.26. The number of benzene rings is 1. The zero-order valence-corrected chi connectivity index (χ0v) is 15.0. The highest BCUT2D eigenvalue weighted by atomic mass is 19.1. The maximum absolute atomic E-state index is 13.9. The first-order chi connectivity index (χ1) is 13.3. The monoisotopic (exact) mass is 368 g/mol. The van der Waals surface area contributed by atoms with Crippen molar-refractivity contribution >= 4 is 17.3 Å². The van der Waals surface area contributed by atoms with E-state index in [0.717, 1.165) is 37.8 Å². The van der Waals surface area contributed by atoms with Gasteiger partial charge in [0.2, 0.25) is 0 Å². The summed E-state index contributed by atoms with van der Waals surface area (Å²) >= 11 is 0. The van der Waals surface area contributed by atoms with E-state index < -0.39 is 5.82 Å². The van der Waals surface area contributed by atoms with E-state index in [4.69, 9.17) is 4.74 Å². The normalized spacial score (nSPS) is 17.7. The average molecular weight is 368 g/mol. The summed E-state index contributed by atoms with van der Waals surface area (Å²) in [6.07, 6.45) is 1.60. The van der Waals surface area contributed by atoms with Crippen LogP contribution in [-0.2, 0) is 4.74 Å². The van der Waals surface area contributed by atoms with Crippen molar-refractivity contribution in [1.82, 2.24) is 9.97 Å². The van der Waals surface area contributed by atoms with E-state index in [9.17, 15) is 9.65 Å². The van der Waals surface area contributed by atoms with Crippen molar-refractivity contribution < 1.29 is 9.13 Å². The molecule has 27 heavy (non-hydrogen) atoms. The Morgan fingerprint density at radius 2 is 1.56 bits per heavy atom. The van der Waals surface area contributed by atoms with E-state index in [-0.39, 0.29) is 5.56 Å². The molecule has 1 aromatic heterocycles. The Bertz CT molecular complexity index is 840. The van der Waals surface area contributed by atoms with Crippen LogP contribution in [0.15, 0.2) is 30.6 Å². The fourth-order valence-electron chi connectivity index (χ4n) is 3.54. The SMILES string of the molecule is N#Cc1c(F)cccc1N1CCN(c2cc(N3CCOCC3)ncn2)CC1. The third kappa shape index (κ3) is 3.64. The molecule has 0 N–H and O–H groups in total. The summed E-state index contributed by atoms with van der Waals surface area (Å²) in [4.78, 5) is 15.3. The molecule has 3 heterocycles. The standard InChI is InChI=1S/C19H21FN6O/c20-16-2-1-3-17(15(16)13-21)24-4-6-25(7-5-24)18-12-19(23-14-22-18)26-8-10-27-11-9-26/h1-3,12,14H,4-11H2. The van der Waals surface area contributed by atoms with Gasteiger partial charge in [-0.3, -0.25) is 0 Å². The van der Waals surface area contributed by atoms with Gasteiger partial charge in [-0.15, -0.1) is 0 Å². The molecule has 0 bridgehead atoms. The van der Waals surface area contributed by atoms with E-state index in [1.807, 2.05) is 12.1 Å². The molecule has 140 valence electrons. The van der Waals surface area contributed by atoms with Gasteiger partial charge in [0.05, 0.1) is 18.9 Å². The van der Waals surface area contributed by atoms with Crippen LogP contribution in [-0.4, -0.2) is 62.5 Å². The van der Waals surface area contributed by atoms with Crippen molar-refractivity contribution in [1.29, 1.82) is 5.26 Å². The summed E-state index contributed by atoms with van der Waals surface area (Å²) in [6.45, 7) is 6.01. The summed E-state index contributed by atoms with van der Waals surface area (Å²) < 4.78 is 19.3. The molecule has 2 aliphatic rings. The van der Waals surface area contributed by atoms with Gasteiger partial charge in [-0.1, -0.05) is 6.07 Å². The second kappa shape index (κ2) is 7.76. The number of hydrogen-bond acceptors (Lipinski definition) is 7. The lowest BCUT2D eigenvalue weighted by atomic mass is 10.1. The zero-order valence-electron chi connectivity index (χ0n) is 15.0. The molecule has 0 atom stereocenters. The molecule has 2 aliphatic heterocycles. The van der Waals surface area contributed by atoms with Gasteiger partial charge >= 0.3 is 0 Å². The van der Waals surface area contributed by atoms with Crippen molar-refractivity contribution in [3.05, 3.63) is 42.0 Å². The average Bonchev–Trinajstić information content (AvgIpc) is 2.74. The van der Waals surface area contributed by atoms with Crippen molar-refractivity contribution in [2.24, 2.45) is 0 Å². The topological polar surface area (TPSA) is 68.5 Å². The number of halogens is 1. The predicted octanol–water partition coefficient (Wildman–Crippen LogP) is 1.65. The summed E-state index contributed by atoms with van der Waals surface area (Å²) in [7, 11) is 0. The lowest BCUT2D eigenvalue weighted by Gasteiger charge is -2.37. The molecule has 2 fully saturated rings. The Balaban J connectivity index is 1.45. The van der Waals surface area contributed by atoms with Crippen LogP contribution in [0.1, 0.15) is 5.56 Å². The number of aromatic nitrogens is 2. The van der Waals surface area contributed by atoms with Gasteiger partial charge in [-0.2, -0.15) is 5.26 Å². The highest BCUT2D eigenvalue weighted by Gasteiger charge is 2.22. The molecule has 0 radical (unpaired) electrons. The molecule has 0 aliphatic carbocycles. The van der Waals surface area contributed by atoms with Gasteiger partial charge in [0.15, 0.2) is 0 Å². The van der Waals surface area contributed by atoms with Crippen LogP contribution in [0.4, 0.5) is 21.7 Å². The number of piperazine rings is 1. The molecule has 7 nitrogen and oxygen atoms in total. The fraction of sp³-hybridized carbons (Fsp3) is 0.421. The van der Waals surface area contributed by atoms with E-state index >= 15 is 0 Å². The van der Waals surface area contributed by atoms with Crippen molar-refractivity contribution in [2.45, 2.75) is 0 Å². The van der Waals surface area contributed by atoms with Crippen LogP contribution in [0.3, 0.4) is 0 Å². The largest absolute Gasteiger partial charge is 0.378 e.